The van der Waals surface area contributed by atoms with E-state index in [2.05, 4.69) is 0 Å². The minimum Gasteiger partial charge on any atom is -0.506 e. The van der Waals surface area contributed by atoms with Crippen molar-refractivity contribution in [3.05, 3.63) is 28.8 Å². The van der Waals surface area contributed by atoms with E-state index in [0.717, 1.165) is 0 Å². The third-order valence-corrected chi connectivity index (χ3v) is 1.90. The second-order valence-electron chi connectivity index (χ2n) is 2.53. The molecule has 0 radical (unpaired) electrons. The van der Waals surface area contributed by atoms with Crippen molar-refractivity contribution in [2.45, 2.75) is 6.04 Å². The number of benzene rings is 1. The lowest BCUT2D eigenvalue weighted by Gasteiger charge is -2.07. The van der Waals surface area contributed by atoms with Gasteiger partial charge in [-0.1, -0.05) is 17.7 Å². The van der Waals surface area contributed by atoms with Gasteiger partial charge in [0.05, 0.1) is 5.02 Å². The lowest BCUT2D eigenvalue weighted by Crippen LogP contribution is -2.20. The average molecular weight is 238 g/mol. The Balaban J connectivity index is 0.00000169. The highest BCUT2D eigenvalue weighted by Gasteiger charge is 2.14. The van der Waals surface area contributed by atoms with E-state index in [1.54, 1.807) is 0 Å². The summed E-state index contributed by atoms with van der Waals surface area (Å²) in [5.41, 5.74) is 5.67. The quantitative estimate of drug-likeness (QED) is 0.729. The van der Waals surface area contributed by atoms with Crippen LogP contribution in [0, 0.1) is 0 Å². The van der Waals surface area contributed by atoms with Crippen LogP contribution >= 0.6 is 24.0 Å². The Morgan fingerprint density at radius 1 is 1.50 bits per heavy atom. The number of phenolic OH excluding ortho intramolecular Hbond substituents is 1. The molecule has 0 saturated heterocycles. The van der Waals surface area contributed by atoms with Gasteiger partial charge in [-0.15, -0.1) is 12.4 Å². The first-order chi connectivity index (χ1) is 6.02. The first-order valence-electron chi connectivity index (χ1n) is 3.49. The largest absolute Gasteiger partial charge is 0.506 e. The summed E-state index contributed by atoms with van der Waals surface area (Å²) in [7, 11) is 0. The third-order valence-electron chi connectivity index (χ3n) is 1.60. The van der Waals surface area contributed by atoms with Crippen LogP contribution in [-0.4, -0.2) is 16.2 Å². The Hall–Kier alpha value is -0.970. The molecule has 0 aliphatic rings. The zero-order valence-corrected chi connectivity index (χ0v) is 8.55. The number of carboxylic acid groups (broad SMARTS) is 1. The summed E-state index contributed by atoms with van der Waals surface area (Å²) < 4.78 is 0. The molecule has 0 heterocycles. The van der Waals surface area contributed by atoms with Crippen LogP contribution in [0.1, 0.15) is 11.6 Å². The van der Waals surface area contributed by atoms with E-state index in [-0.39, 0.29) is 23.2 Å². The van der Waals surface area contributed by atoms with Gasteiger partial charge in [0.2, 0.25) is 0 Å². The van der Waals surface area contributed by atoms with Crippen LogP contribution in [0.3, 0.4) is 0 Å². The predicted octanol–water partition coefficient (Wildman–Crippen LogP) is 1.55. The van der Waals surface area contributed by atoms with E-state index >= 15 is 0 Å². The Morgan fingerprint density at radius 2 is 2.07 bits per heavy atom. The molecule has 0 spiro atoms. The molecule has 14 heavy (non-hydrogen) atoms. The van der Waals surface area contributed by atoms with Crippen LogP contribution in [-0.2, 0) is 4.79 Å². The molecule has 0 bridgehead atoms. The van der Waals surface area contributed by atoms with Gasteiger partial charge in [-0.05, 0) is 17.7 Å². The molecule has 0 aliphatic heterocycles. The molecule has 0 saturated carbocycles. The van der Waals surface area contributed by atoms with Crippen LogP contribution in [0.5, 0.6) is 5.75 Å². The molecule has 1 rings (SSSR count). The molecule has 1 aromatic rings. The minimum atomic E-state index is -1.14. The Morgan fingerprint density at radius 3 is 2.50 bits per heavy atom. The van der Waals surface area contributed by atoms with Crippen molar-refractivity contribution in [2.75, 3.05) is 0 Å². The summed E-state index contributed by atoms with van der Waals surface area (Å²) in [4.78, 5) is 10.5. The molecule has 78 valence electrons. The van der Waals surface area contributed by atoms with Gasteiger partial charge in [-0.3, -0.25) is 4.79 Å². The first-order valence-corrected chi connectivity index (χ1v) is 3.87. The maximum Gasteiger partial charge on any atom is 0.325 e. The standard InChI is InChI=1S/C8H8ClNO3.ClH/c9-5-3-4(1-2-6(5)11)7(10)8(12)13;/h1-3,7,11H,10H2,(H,12,13);1H. The number of carboxylic acids is 1. The summed E-state index contributed by atoms with van der Waals surface area (Å²) in [6.07, 6.45) is 0. The normalized spacial score (nSPS) is 11.6. The monoisotopic (exact) mass is 237 g/mol. The number of aromatic hydroxyl groups is 1. The van der Waals surface area contributed by atoms with Crippen LogP contribution < -0.4 is 5.73 Å². The number of nitrogens with two attached hydrogens (primary N) is 1. The van der Waals surface area contributed by atoms with E-state index in [4.69, 9.17) is 27.5 Å². The Bertz CT molecular complexity index is 343. The highest BCUT2D eigenvalue weighted by atomic mass is 35.5. The fraction of sp³-hybridized carbons (Fsp3) is 0.125. The zero-order valence-electron chi connectivity index (χ0n) is 6.98. The van der Waals surface area contributed by atoms with Crippen molar-refractivity contribution in [3.8, 4) is 5.75 Å². The Labute approximate surface area is 91.7 Å². The summed E-state index contributed by atoms with van der Waals surface area (Å²) >= 11 is 5.56. The minimum absolute atomic E-state index is 0. The molecule has 1 unspecified atom stereocenters. The lowest BCUT2D eigenvalue weighted by atomic mass is 10.1. The van der Waals surface area contributed by atoms with Crippen molar-refractivity contribution < 1.29 is 15.0 Å². The number of rotatable bonds is 2. The molecule has 4 N–H and O–H groups in total. The number of phenols is 1. The van der Waals surface area contributed by atoms with Gasteiger partial charge in [0.1, 0.15) is 11.8 Å². The molecule has 1 atom stereocenters. The fourth-order valence-corrected chi connectivity index (χ4v) is 1.05. The zero-order chi connectivity index (χ0) is 10.0. The smallest absolute Gasteiger partial charge is 0.325 e. The van der Waals surface area contributed by atoms with Gasteiger partial charge in [0.25, 0.3) is 0 Å². The molecule has 0 aliphatic carbocycles. The van der Waals surface area contributed by atoms with Gasteiger partial charge in [0.15, 0.2) is 0 Å². The number of hydrogen-bond acceptors (Lipinski definition) is 3. The van der Waals surface area contributed by atoms with Crippen molar-refractivity contribution >= 4 is 30.0 Å². The summed E-state index contributed by atoms with van der Waals surface area (Å²) in [6.45, 7) is 0. The first kappa shape index (κ1) is 13.0. The topological polar surface area (TPSA) is 83.6 Å². The van der Waals surface area contributed by atoms with Crippen LogP contribution in [0.15, 0.2) is 18.2 Å². The predicted molar refractivity (Wildman–Crippen MR) is 54.9 cm³/mol. The van der Waals surface area contributed by atoms with Crippen molar-refractivity contribution in [1.82, 2.24) is 0 Å². The van der Waals surface area contributed by atoms with Crippen LogP contribution in [0.25, 0.3) is 0 Å². The van der Waals surface area contributed by atoms with Crippen molar-refractivity contribution in [1.29, 1.82) is 0 Å². The van der Waals surface area contributed by atoms with Crippen molar-refractivity contribution in [3.63, 3.8) is 0 Å². The lowest BCUT2D eigenvalue weighted by molar-refractivity contribution is -0.138. The summed E-state index contributed by atoms with van der Waals surface area (Å²) in [5, 5.41) is 17.7. The second-order valence-corrected chi connectivity index (χ2v) is 2.93. The summed E-state index contributed by atoms with van der Waals surface area (Å²) in [5.74, 6) is -1.23. The molecule has 0 aromatic heterocycles. The fourth-order valence-electron chi connectivity index (χ4n) is 0.859. The van der Waals surface area contributed by atoms with Crippen LogP contribution in [0.2, 0.25) is 5.02 Å². The van der Waals surface area contributed by atoms with Gasteiger partial charge in [0, 0.05) is 0 Å². The highest BCUT2D eigenvalue weighted by Crippen LogP contribution is 2.25. The van der Waals surface area contributed by atoms with Gasteiger partial charge >= 0.3 is 5.97 Å². The van der Waals surface area contributed by atoms with Gasteiger partial charge < -0.3 is 15.9 Å². The molecular formula is C8H9Cl2NO3. The maximum atomic E-state index is 10.5. The molecule has 0 fully saturated rings. The molecule has 6 heteroatoms. The molecular weight excluding hydrogens is 229 g/mol. The summed E-state index contributed by atoms with van der Waals surface area (Å²) in [6, 6.07) is 2.94. The molecule has 1 aromatic carbocycles. The van der Waals surface area contributed by atoms with Gasteiger partial charge in [-0.2, -0.15) is 0 Å². The second kappa shape index (κ2) is 5.05. The number of aliphatic carboxylic acids is 1. The molecule has 0 amide bonds. The van der Waals surface area contributed by atoms with E-state index in [9.17, 15) is 4.79 Å². The van der Waals surface area contributed by atoms with E-state index < -0.39 is 12.0 Å². The SMILES string of the molecule is Cl.NC(C(=O)O)c1ccc(O)c(Cl)c1. The highest BCUT2D eigenvalue weighted by molar-refractivity contribution is 6.32. The van der Waals surface area contributed by atoms with E-state index in [1.807, 2.05) is 0 Å². The number of hydrogen-bond donors (Lipinski definition) is 3. The maximum absolute atomic E-state index is 10.5. The third kappa shape index (κ3) is 2.77. The number of carbonyl (C=O) groups is 1. The van der Waals surface area contributed by atoms with Gasteiger partial charge in [-0.25, -0.2) is 0 Å². The van der Waals surface area contributed by atoms with Crippen molar-refractivity contribution in [2.24, 2.45) is 5.73 Å². The molecule has 4 nitrogen and oxygen atoms in total. The van der Waals surface area contributed by atoms with E-state index in [1.165, 1.54) is 18.2 Å². The number of halogens is 2. The average Bonchev–Trinajstić information content (AvgIpc) is 2.08. The van der Waals surface area contributed by atoms with Crippen LogP contribution in [0.4, 0.5) is 0 Å². The Kier molecular flexibility index (Phi) is 4.70. The van der Waals surface area contributed by atoms with E-state index in [0.29, 0.717) is 5.56 Å².